The molecule has 1 aliphatic rings. The van der Waals surface area contributed by atoms with Gasteiger partial charge in [-0.05, 0) is 61.4 Å². The van der Waals surface area contributed by atoms with Gasteiger partial charge in [-0.3, -0.25) is 0 Å². The van der Waals surface area contributed by atoms with Crippen LogP contribution in [0.4, 0.5) is 0 Å². The van der Waals surface area contributed by atoms with Crippen molar-refractivity contribution >= 4 is 23.2 Å². The second-order valence-electron chi connectivity index (χ2n) is 5.60. The van der Waals surface area contributed by atoms with E-state index in [-0.39, 0.29) is 0 Å². The highest BCUT2D eigenvalue weighted by Gasteiger charge is 2.30. The van der Waals surface area contributed by atoms with Crippen molar-refractivity contribution in [1.29, 1.82) is 0 Å². The minimum atomic E-state index is 0.570. The van der Waals surface area contributed by atoms with E-state index in [9.17, 15) is 0 Å². The van der Waals surface area contributed by atoms with Gasteiger partial charge in [0.2, 0.25) is 0 Å². The average Bonchev–Trinajstić information content (AvgIpc) is 2.28. The van der Waals surface area contributed by atoms with Gasteiger partial charge in [0.05, 0.1) is 0 Å². The Morgan fingerprint density at radius 1 is 1.22 bits per heavy atom. The third kappa shape index (κ3) is 3.63. The van der Waals surface area contributed by atoms with Gasteiger partial charge in [0.1, 0.15) is 0 Å². The van der Waals surface area contributed by atoms with Crippen molar-refractivity contribution in [2.24, 2.45) is 11.8 Å². The first kappa shape index (κ1) is 14.2. The highest BCUT2D eigenvalue weighted by atomic mass is 35.5. The van der Waals surface area contributed by atoms with Crippen LogP contribution in [0.5, 0.6) is 0 Å². The Hall–Kier alpha value is -0.240. The summed E-state index contributed by atoms with van der Waals surface area (Å²) in [7, 11) is 0. The topological polar surface area (TPSA) is 12.0 Å². The molecule has 0 aromatic heterocycles. The lowest BCUT2D eigenvalue weighted by Gasteiger charge is -2.37. The van der Waals surface area contributed by atoms with E-state index >= 15 is 0 Å². The summed E-state index contributed by atoms with van der Waals surface area (Å²) in [5, 5.41) is 5.16. The van der Waals surface area contributed by atoms with Crippen LogP contribution < -0.4 is 5.32 Å². The van der Waals surface area contributed by atoms with E-state index in [1.807, 2.05) is 18.2 Å². The lowest BCUT2D eigenvalue weighted by molar-refractivity contribution is 0.168. The lowest BCUT2D eigenvalue weighted by atomic mass is 9.70. The maximum absolute atomic E-state index is 6.22. The van der Waals surface area contributed by atoms with Crippen LogP contribution in [0.2, 0.25) is 10.0 Å². The van der Waals surface area contributed by atoms with Crippen LogP contribution >= 0.6 is 23.2 Å². The minimum absolute atomic E-state index is 0.570. The van der Waals surface area contributed by atoms with Crippen LogP contribution in [0, 0.1) is 11.8 Å². The van der Waals surface area contributed by atoms with Crippen molar-refractivity contribution in [1.82, 2.24) is 5.32 Å². The normalized spacial score (nSPS) is 23.2. The molecule has 2 rings (SSSR count). The average molecular weight is 286 g/mol. The molecule has 0 heterocycles. The van der Waals surface area contributed by atoms with Gasteiger partial charge in [-0.15, -0.1) is 0 Å². The summed E-state index contributed by atoms with van der Waals surface area (Å²) in [5.41, 5.74) is 1.20. The Balaban J connectivity index is 1.91. The molecule has 0 amide bonds. The molecule has 100 valence electrons. The lowest BCUT2D eigenvalue weighted by Crippen LogP contribution is -2.38. The minimum Gasteiger partial charge on any atom is -0.314 e. The Kier molecular flexibility index (Phi) is 4.94. The van der Waals surface area contributed by atoms with E-state index < -0.39 is 0 Å². The summed E-state index contributed by atoms with van der Waals surface area (Å²) in [6.07, 6.45) is 3.71. The maximum Gasteiger partial charge on any atom is 0.0439 e. The number of rotatable bonds is 5. The SMILES string of the molecule is CC(C)NCC1CCC1Cc1cc(Cl)ccc1Cl. The summed E-state index contributed by atoms with van der Waals surface area (Å²) in [5.74, 6) is 1.55. The molecule has 0 aliphatic heterocycles. The summed E-state index contributed by atoms with van der Waals surface area (Å²) >= 11 is 12.3. The Bertz CT molecular complexity index is 403. The molecule has 0 radical (unpaired) electrons. The van der Waals surface area contributed by atoms with Gasteiger partial charge >= 0.3 is 0 Å². The van der Waals surface area contributed by atoms with Crippen molar-refractivity contribution in [3.8, 4) is 0 Å². The number of benzene rings is 1. The highest BCUT2D eigenvalue weighted by molar-refractivity contribution is 6.33. The first-order valence-corrected chi connectivity index (χ1v) is 7.49. The van der Waals surface area contributed by atoms with E-state index in [1.54, 1.807) is 0 Å². The summed E-state index contributed by atoms with van der Waals surface area (Å²) in [4.78, 5) is 0. The predicted octanol–water partition coefficient (Wildman–Crippen LogP) is 4.56. The van der Waals surface area contributed by atoms with Crippen LogP contribution in [0.15, 0.2) is 18.2 Å². The molecule has 0 saturated heterocycles. The van der Waals surface area contributed by atoms with Crippen molar-refractivity contribution in [3.63, 3.8) is 0 Å². The molecule has 18 heavy (non-hydrogen) atoms. The Morgan fingerprint density at radius 3 is 2.56 bits per heavy atom. The zero-order valence-electron chi connectivity index (χ0n) is 11.0. The van der Waals surface area contributed by atoms with Gasteiger partial charge in [-0.2, -0.15) is 0 Å². The first-order valence-electron chi connectivity index (χ1n) is 6.73. The summed E-state index contributed by atoms with van der Waals surface area (Å²) in [6, 6.07) is 6.33. The molecule has 2 atom stereocenters. The standard InChI is InChI=1S/C15H21Cl2N/c1-10(2)18-9-12-4-3-11(12)7-13-8-14(16)5-6-15(13)17/h5-6,8,10-12,18H,3-4,7,9H2,1-2H3. The largest absolute Gasteiger partial charge is 0.314 e. The third-order valence-corrected chi connectivity index (χ3v) is 4.46. The van der Waals surface area contributed by atoms with E-state index in [0.717, 1.165) is 34.8 Å². The van der Waals surface area contributed by atoms with Crippen molar-refractivity contribution in [2.75, 3.05) is 6.54 Å². The molecule has 3 heteroatoms. The Morgan fingerprint density at radius 2 is 1.94 bits per heavy atom. The predicted molar refractivity (Wildman–Crippen MR) is 79.5 cm³/mol. The molecular weight excluding hydrogens is 265 g/mol. The summed E-state index contributed by atoms with van der Waals surface area (Å²) in [6.45, 7) is 5.52. The fraction of sp³-hybridized carbons (Fsp3) is 0.600. The van der Waals surface area contributed by atoms with Crippen LogP contribution in [0.25, 0.3) is 0 Å². The highest BCUT2D eigenvalue weighted by Crippen LogP contribution is 2.38. The van der Waals surface area contributed by atoms with Gasteiger partial charge in [0.25, 0.3) is 0 Å². The van der Waals surface area contributed by atoms with Gasteiger partial charge in [0, 0.05) is 16.1 Å². The van der Waals surface area contributed by atoms with Crippen LogP contribution in [-0.2, 0) is 6.42 Å². The second kappa shape index (κ2) is 6.27. The van der Waals surface area contributed by atoms with E-state index in [0.29, 0.717) is 6.04 Å². The van der Waals surface area contributed by atoms with E-state index in [2.05, 4.69) is 19.2 Å². The smallest absolute Gasteiger partial charge is 0.0439 e. The quantitative estimate of drug-likeness (QED) is 0.836. The molecule has 1 aromatic carbocycles. The van der Waals surface area contributed by atoms with E-state index in [4.69, 9.17) is 23.2 Å². The molecule has 1 saturated carbocycles. The van der Waals surface area contributed by atoms with Gasteiger partial charge in [0.15, 0.2) is 0 Å². The Labute approximate surface area is 120 Å². The van der Waals surface area contributed by atoms with Gasteiger partial charge in [-0.1, -0.05) is 37.0 Å². The number of nitrogens with one attached hydrogen (secondary N) is 1. The molecule has 2 unspecified atom stereocenters. The zero-order valence-corrected chi connectivity index (χ0v) is 12.6. The summed E-state index contributed by atoms with van der Waals surface area (Å²) < 4.78 is 0. The van der Waals surface area contributed by atoms with E-state index in [1.165, 1.54) is 18.4 Å². The van der Waals surface area contributed by atoms with Gasteiger partial charge in [-0.25, -0.2) is 0 Å². The van der Waals surface area contributed by atoms with Gasteiger partial charge < -0.3 is 5.32 Å². The van der Waals surface area contributed by atoms with Crippen molar-refractivity contribution in [2.45, 2.75) is 39.2 Å². The molecule has 0 bridgehead atoms. The fourth-order valence-corrected chi connectivity index (χ4v) is 2.93. The molecule has 1 N–H and O–H groups in total. The number of hydrogen-bond donors (Lipinski definition) is 1. The third-order valence-electron chi connectivity index (χ3n) is 3.85. The monoisotopic (exact) mass is 285 g/mol. The van der Waals surface area contributed by atoms with Crippen molar-refractivity contribution in [3.05, 3.63) is 33.8 Å². The maximum atomic E-state index is 6.22. The molecule has 1 aliphatic carbocycles. The zero-order chi connectivity index (χ0) is 13.1. The molecule has 1 fully saturated rings. The molecule has 1 aromatic rings. The van der Waals surface area contributed by atoms with Crippen molar-refractivity contribution < 1.29 is 0 Å². The number of hydrogen-bond acceptors (Lipinski definition) is 1. The van der Waals surface area contributed by atoms with Crippen LogP contribution in [0.1, 0.15) is 32.3 Å². The molecular formula is C15H21Cl2N. The van der Waals surface area contributed by atoms with Crippen LogP contribution in [-0.4, -0.2) is 12.6 Å². The number of halogens is 2. The molecule has 1 nitrogen and oxygen atoms in total. The molecule has 0 spiro atoms. The first-order chi connectivity index (χ1) is 8.56. The fourth-order valence-electron chi connectivity index (χ4n) is 2.54. The second-order valence-corrected chi connectivity index (χ2v) is 6.44. The van der Waals surface area contributed by atoms with Crippen LogP contribution in [0.3, 0.4) is 0 Å².